The number of aromatic nitrogens is 2. The van der Waals surface area contributed by atoms with Crippen molar-refractivity contribution < 1.29 is 13.2 Å². The minimum atomic E-state index is -3.67. The Kier molecular flexibility index (Phi) is 3.82. The molecule has 118 valence electrons. The molecule has 0 fully saturated rings. The second-order valence-electron chi connectivity index (χ2n) is 5.60. The summed E-state index contributed by atoms with van der Waals surface area (Å²) in [5.41, 5.74) is 1.51. The maximum atomic E-state index is 12.5. The van der Waals surface area contributed by atoms with Crippen molar-refractivity contribution in [1.29, 1.82) is 0 Å². The number of fused-ring (bicyclic) bond motifs is 1. The quantitative estimate of drug-likeness (QED) is 0.939. The minimum absolute atomic E-state index is 0.108. The molecule has 0 saturated heterocycles. The van der Waals surface area contributed by atoms with Gasteiger partial charge in [0, 0.05) is 12.2 Å². The van der Waals surface area contributed by atoms with E-state index in [0.29, 0.717) is 18.0 Å². The topological polar surface area (TPSA) is 73.2 Å². The van der Waals surface area contributed by atoms with Crippen LogP contribution >= 0.6 is 0 Å². The van der Waals surface area contributed by atoms with Crippen LogP contribution in [0, 0.1) is 0 Å². The Bertz CT molecular complexity index is 781. The molecule has 1 N–H and O–H groups in total. The van der Waals surface area contributed by atoms with Gasteiger partial charge in [-0.15, -0.1) is 0 Å². The molecular weight excluding hydrogens is 302 g/mol. The number of rotatable bonds is 4. The summed E-state index contributed by atoms with van der Waals surface area (Å²) in [7, 11) is -3.67. The largest absolute Gasteiger partial charge is 0.491 e. The number of hydrogen-bond acceptors (Lipinski definition) is 4. The Labute approximate surface area is 130 Å². The standard InChI is InChI=1S/C15H19N3O3S/c1-11(2)18-10-13(9-16-18)22(19,20)17-14-7-3-5-12-6-4-8-21-15(12)14/h3,5,7,9-11,17H,4,6,8H2,1-2H3. The summed E-state index contributed by atoms with van der Waals surface area (Å²) in [4.78, 5) is 0.148. The second-order valence-corrected chi connectivity index (χ2v) is 7.28. The summed E-state index contributed by atoms with van der Waals surface area (Å²) in [6.45, 7) is 4.49. The van der Waals surface area contributed by atoms with Gasteiger partial charge in [0.1, 0.15) is 10.6 Å². The molecule has 3 rings (SSSR count). The van der Waals surface area contributed by atoms with Gasteiger partial charge in [-0.25, -0.2) is 8.42 Å². The molecule has 1 aliphatic rings. The van der Waals surface area contributed by atoms with E-state index in [0.717, 1.165) is 18.4 Å². The van der Waals surface area contributed by atoms with Gasteiger partial charge >= 0.3 is 0 Å². The fraction of sp³-hybridized carbons (Fsp3) is 0.400. The predicted molar refractivity (Wildman–Crippen MR) is 83.7 cm³/mol. The van der Waals surface area contributed by atoms with Crippen LogP contribution in [0.1, 0.15) is 31.9 Å². The van der Waals surface area contributed by atoms with E-state index in [1.165, 1.54) is 12.4 Å². The lowest BCUT2D eigenvalue weighted by Crippen LogP contribution is -2.16. The van der Waals surface area contributed by atoms with Crippen molar-refractivity contribution in [3.8, 4) is 5.75 Å². The van der Waals surface area contributed by atoms with Crippen LogP contribution in [0.2, 0.25) is 0 Å². The van der Waals surface area contributed by atoms with Gasteiger partial charge in [0.05, 0.1) is 18.5 Å². The second kappa shape index (κ2) is 5.64. The average Bonchev–Trinajstić information content (AvgIpc) is 2.98. The number of aryl methyl sites for hydroxylation is 1. The van der Waals surface area contributed by atoms with Crippen LogP contribution in [-0.2, 0) is 16.4 Å². The zero-order chi connectivity index (χ0) is 15.7. The lowest BCUT2D eigenvalue weighted by Gasteiger charge is -2.20. The Morgan fingerprint density at radius 3 is 2.91 bits per heavy atom. The maximum absolute atomic E-state index is 12.5. The van der Waals surface area contributed by atoms with E-state index in [2.05, 4.69) is 9.82 Å². The Hall–Kier alpha value is -2.02. The zero-order valence-corrected chi connectivity index (χ0v) is 13.4. The Morgan fingerprint density at radius 2 is 2.18 bits per heavy atom. The Balaban J connectivity index is 1.91. The normalized spacial score (nSPS) is 14.5. The first-order valence-electron chi connectivity index (χ1n) is 7.29. The first-order valence-corrected chi connectivity index (χ1v) is 8.77. The number of ether oxygens (including phenoxy) is 1. The van der Waals surface area contributed by atoms with Crippen LogP contribution in [0.5, 0.6) is 5.75 Å². The molecular formula is C15H19N3O3S. The van der Waals surface area contributed by atoms with Crippen molar-refractivity contribution >= 4 is 15.7 Å². The van der Waals surface area contributed by atoms with E-state index in [1.807, 2.05) is 26.0 Å². The molecule has 0 atom stereocenters. The fourth-order valence-corrected chi connectivity index (χ4v) is 3.42. The molecule has 1 aromatic heterocycles. The van der Waals surface area contributed by atoms with Gasteiger partial charge < -0.3 is 4.74 Å². The van der Waals surface area contributed by atoms with E-state index in [-0.39, 0.29) is 10.9 Å². The van der Waals surface area contributed by atoms with E-state index in [9.17, 15) is 8.42 Å². The van der Waals surface area contributed by atoms with Crippen molar-refractivity contribution in [3.05, 3.63) is 36.2 Å². The van der Waals surface area contributed by atoms with Crippen LogP contribution in [0.15, 0.2) is 35.5 Å². The highest BCUT2D eigenvalue weighted by Gasteiger charge is 2.21. The van der Waals surface area contributed by atoms with E-state index >= 15 is 0 Å². The van der Waals surface area contributed by atoms with Crippen LogP contribution in [-0.4, -0.2) is 24.8 Å². The molecule has 2 aromatic rings. The van der Waals surface area contributed by atoms with Crippen molar-refractivity contribution in [3.63, 3.8) is 0 Å². The molecule has 0 amide bonds. The fourth-order valence-electron chi connectivity index (χ4n) is 2.41. The zero-order valence-electron chi connectivity index (χ0n) is 12.6. The third-order valence-electron chi connectivity index (χ3n) is 3.59. The number of benzene rings is 1. The molecule has 0 bridgehead atoms. The van der Waals surface area contributed by atoms with Crippen LogP contribution in [0.4, 0.5) is 5.69 Å². The van der Waals surface area contributed by atoms with Gasteiger partial charge in [0.25, 0.3) is 10.0 Å². The number of para-hydroxylation sites is 1. The highest BCUT2D eigenvalue weighted by Crippen LogP contribution is 2.34. The number of nitrogens with one attached hydrogen (secondary N) is 1. The smallest absolute Gasteiger partial charge is 0.265 e. The van der Waals surface area contributed by atoms with E-state index in [4.69, 9.17) is 4.74 Å². The number of nitrogens with zero attached hydrogens (tertiary/aromatic N) is 2. The molecule has 0 saturated carbocycles. The molecule has 1 aliphatic heterocycles. The maximum Gasteiger partial charge on any atom is 0.265 e. The van der Waals surface area contributed by atoms with Crippen molar-refractivity contribution in [2.75, 3.05) is 11.3 Å². The summed E-state index contributed by atoms with van der Waals surface area (Å²) in [6, 6.07) is 5.62. The van der Waals surface area contributed by atoms with E-state index < -0.39 is 10.0 Å². The molecule has 0 unspecified atom stereocenters. The third-order valence-corrected chi connectivity index (χ3v) is 4.92. The highest BCUT2D eigenvalue weighted by molar-refractivity contribution is 7.92. The third kappa shape index (κ3) is 2.81. The van der Waals surface area contributed by atoms with Crippen molar-refractivity contribution in [1.82, 2.24) is 9.78 Å². The monoisotopic (exact) mass is 321 g/mol. The minimum Gasteiger partial charge on any atom is -0.491 e. The predicted octanol–water partition coefficient (Wildman–Crippen LogP) is 2.59. The van der Waals surface area contributed by atoms with Gasteiger partial charge in [-0.05, 0) is 38.3 Å². The van der Waals surface area contributed by atoms with Crippen LogP contribution < -0.4 is 9.46 Å². The van der Waals surface area contributed by atoms with Crippen molar-refractivity contribution in [2.45, 2.75) is 37.6 Å². The first-order chi connectivity index (χ1) is 10.5. The first kappa shape index (κ1) is 14.9. The number of hydrogen-bond donors (Lipinski definition) is 1. The number of sulfonamides is 1. The van der Waals surface area contributed by atoms with Gasteiger partial charge in [0.2, 0.25) is 0 Å². The summed E-state index contributed by atoms with van der Waals surface area (Å²) in [5, 5.41) is 4.08. The van der Waals surface area contributed by atoms with Crippen LogP contribution in [0.25, 0.3) is 0 Å². The number of anilines is 1. The van der Waals surface area contributed by atoms with Gasteiger partial charge in [-0.1, -0.05) is 12.1 Å². The Morgan fingerprint density at radius 1 is 1.36 bits per heavy atom. The molecule has 0 spiro atoms. The highest BCUT2D eigenvalue weighted by atomic mass is 32.2. The molecule has 1 aromatic carbocycles. The van der Waals surface area contributed by atoms with Gasteiger partial charge in [0.15, 0.2) is 0 Å². The molecule has 6 nitrogen and oxygen atoms in total. The summed E-state index contributed by atoms with van der Waals surface area (Å²) in [5.74, 6) is 0.633. The van der Waals surface area contributed by atoms with Gasteiger partial charge in [-0.3, -0.25) is 9.40 Å². The molecule has 22 heavy (non-hydrogen) atoms. The van der Waals surface area contributed by atoms with Crippen molar-refractivity contribution in [2.24, 2.45) is 0 Å². The average molecular weight is 321 g/mol. The molecule has 0 radical (unpaired) electrons. The van der Waals surface area contributed by atoms with E-state index in [1.54, 1.807) is 10.7 Å². The molecule has 0 aliphatic carbocycles. The summed E-state index contributed by atoms with van der Waals surface area (Å²) in [6.07, 6.45) is 4.74. The SMILES string of the molecule is CC(C)n1cc(S(=O)(=O)Nc2cccc3c2OCCC3)cn1. The lowest BCUT2D eigenvalue weighted by atomic mass is 10.1. The summed E-state index contributed by atoms with van der Waals surface area (Å²) >= 11 is 0. The summed E-state index contributed by atoms with van der Waals surface area (Å²) < 4.78 is 34.9. The molecule has 2 heterocycles. The van der Waals surface area contributed by atoms with Gasteiger partial charge in [-0.2, -0.15) is 5.10 Å². The lowest BCUT2D eigenvalue weighted by molar-refractivity contribution is 0.290. The molecule has 7 heteroatoms. The van der Waals surface area contributed by atoms with Crippen LogP contribution in [0.3, 0.4) is 0 Å².